The van der Waals surface area contributed by atoms with E-state index in [1.807, 2.05) is 45.9 Å². The summed E-state index contributed by atoms with van der Waals surface area (Å²) in [5.41, 5.74) is 7.74. The summed E-state index contributed by atoms with van der Waals surface area (Å²) in [6.07, 6.45) is 9.39. The number of halogens is 1. The number of nitrogens with two attached hydrogens (primary N) is 1. The van der Waals surface area contributed by atoms with E-state index >= 15 is 0 Å². The average Bonchev–Trinajstić information content (AvgIpc) is 2.87. The van der Waals surface area contributed by atoms with Gasteiger partial charge in [0, 0.05) is 25.0 Å². The minimum Gasteiger partial charge on any atom is -0.382 e. The van der Waals surface area contributed by atoms with Crippen LogP contribution in [-0.4, -0.2) is 42.4 Å². The van der Waals surface area contributed by atoms with Crippen molar-refractivity contribution in [3.63, 3.8) is 0 Å². The monoisotopic (exact) mass is 519 g/mol. The zero-order valence-corrected chi connectivity index (χ0v) is 23.0. The van der Waals surface area contributed by atoms with Gasteiger partial charge in [-0.2, -0.15) is 5.10 Å². The predicted octanol–water partition coefficient (Wildman–Crippen LogP) is 5.42. The summed E-state index contributed by atoms with van der Waals surface area (Å²) in [5.74, 6) is 0.903. The SMILES string of the molecule is C/C=C\C(C)=C(\F)CC.CC.CCCS(=O)(=O)Nc1cnc(C2C=NN(C)c3ncccc32)nc1N. The molecule has 2 aromatic heterocycles. The van der Waals surface area contributed by atoms with E-state index in [1.165, 1.54) is 6.20 Å². The van der Waals surface area contributed by atoms with Gasteiger partial charge in [-0.3, -0.25) is 9.73 Å². The first-order chi connectivity index (χ1) is 17.1. The number of allylic oxidation sites excluding steroid dienone is 4. The van der Waals surface area contributed by atoms with E-state index in [2.05, 4.69) is 24.8 Å². The second-order valence-corrected chi connectivity index (χ2v) is 9.41. The smallest absolute Gasteiger partial charge is 0.232 e. The summed E-state index contributed by atoms with van der Waals surface area (Å²) in [7, 11) is -1.65. The van der Waals surface area contributed by atoms with Crippen LogP contribution >= 0.6 is 0 Å². The molecule has 36 heavy (non-hydrogen) atoms. The zero-order chi connectivity index (χ0) is 27.3. The lowest BCUT2D eigenvalue weighted by Gasteiger charge is -2.24. The van der Waals surface area contributed by atoms with Crippen molar-refractivity contribution in [2.45, 2.75) is 60.3 Å². The van der Waals surface area contributed by atoms with E-state index < -0.39 is 10.0 Å². The van der Waals surface area contributed by atoms with E-state index in [4.69, 9.17) is 5.73 Å². The van der Waals surface area contributed by atoms with Crippen molar-refractivity contribution in [2.24, 2.45) is 5.10 Å². The quantitative estimate of drug-likeness (QED) is 0.468. The molecule has 0 saturated heterocycles. The zero-order valence-electron chi connectivity index (χ0n) is 22.2. The molecule has 0 spiro atoms. The van der Waals surface area contributed by atoms with Crippen molar-refractivity contribution in [2.75, 3.05) is 28.3 Å². The third-order valence-corrected chi connectivity index (χ3v) is 6.33. The fraction of sp³-hybridized carbons (Fsp3) is 0.440. The number of anilines is 3. The number of hydrazone groups is 1. The van der Waals surface area contributed by atoms with Gasteiger partial charge < -0.3 is 5.73 Å². The maximum Gasteiger partial charge on any atom is 0.232 e. The van der Waals surface area contributed by atoms with Crippen molar-refractivity contribution in [1.29, 1.82) is 0 Å². The number of fused-ring (bicyclic) bond motifs is 1. The summed E-state index contributed by atoms with van der Waals surface area (Å²) in [6.45, 7) is 11.3. The molecule has 1 aliphatic heterocycles. The fourth-order valence-corrected chi connectivity index (χ4v) is 4.31. The molecular weight excluding hydrogens is 481 g/mol. The first kappa shape index (κ1) is 30.7. The third-order valence-electron chi connectivity index (χ3n) is 4.86. The van der Waals surface area contributed by atoms with Crippen molar-refractivity contribution in [1.82, 2.24) is 15.0 Å². The summed E-state index contributed by atoms with van der Waals surface area (Å²) in [4.78, 5) is 12.9. The standard InChI is InChI=1S/C15H19N7O2S.C8H13F.C2H6/c1-3-7-25(23,24)21-12-9-18-14(20-13(12)16)11-8-19-22(2)15-10(11)5-4-6-17-15;1-4-6-7(3)8(9)5-2;1-2/h4-6,8-9,11,21H,3,7H2,1-2H3,(H2,16,18,20);4,6H,5H2,1-3H3;1-2H3/b;6-4-,8-7+;. The van der Waals surface area contributed by atoms with Crippen molar-refractivity contribution < 1.29 is 12.8 Å². The van der Waals surface area contributed by atoms with E-state index in [9.17, 15) is 12.8 Å². The number of hydrogen-bond donors (Lipinski definition) is 2. The van der Waals surface area contributed by atoms with Crippen molar-refractivity contribution >= 4 is 33.6 Å². The van der Waals surface area contributed by atoms with Crippen LogP contribution in [0.3, 0.4) is 0 Å². The summed E-state index contributed by atoms with van der Waals surface area (Å²) in [6, 6.07) is 3.75. The van der Waals surface area contributed by atoms with Gasteiger partial charge in [0.25, 0.3) is 0 Å². The van der Waals surface area contributed by atoms with Gasteiger partial charge in [-0.15, -0.1) is 0 Å². The number of rotatable bonds is 7. The Morgan fingerprint density at radius 2 is 1.97 bits per heavy atom. The van der Waals surface area contributed by atoms with Crippen LogP contribution in [0.2, 0.25) is 0 Å². The number of sulfonamides is 1. The van der Waals surface area contributed by atoms with Crippen molar-refractivity contribution in [3.05, 3.63) is 59.5 Å². The maximum atomic E-state index is 12.5. The average molecular weight is 520 g/mol. The maximum absolute atomic E-state index is 12.5. The number of nitrogens with one attached hydrogen (secondary N) is 1. The molecule has 3 rings (SSSR count). The summed E-state index contributed by atoms with van der Waals surface area (Å²) in [5, 5.41) is 5.95. The van der Waals surface area contributed by atoms with Gasteiger partial charge in [0.1, 0.15) is 17.3 Å². The molecule has 0 radical (unpaired) electrons. The van der Waals surface area contributed by atoms with Crippen LogP contribution in [0.4, 0.5) is 21.7 Å². The minimum absolute atomic E-state index is 0.00878. The Kier molecular flexibility index (Phi) is 12.7. The van der Waals surface area contributed by atoms with Crippen molar-refractivity contribution in [3.8, 4) is 0 Å². The molecule has 1 aliphatic rings. The van der Waals surface area contributed by atoms with E-state index in [0.29, 0.717) is 24.5 Å². The lowest BCUT2D eigenvalue weighted by atomic mass is 9.99. The highest BCUT2D eigenvalue weighted by Crippen LogP contribution is 2.32. The Hall–Kier alpha value is -3.34. The normalized spacial score (nSPS) is 15.2. The molecule has 1 atom stereocenters. The number of nitrogen functional groups attached to an aromatic ring is 1. The molecule has 3 heterocycles. The molecule has 9 nitrogen and oxygen atoms in total. The Labute approximate surface area is 214 Å². The molecule has 2 aromatic rings. The Balaban J connectivity index is 0.000000500. The molecule has 0 aliphatic carbocycles. The first-order valence-corrected chi connectivity index (χ1v) is 13.6. The number of hydrogen-bond acceptors (Lipinski definition) is 8. The number of aromatic nitrogens is 3. The molecule has 0 bridgehead atoms. The second kappa shape index (κ2) is 14.9. The van der Waals surface area contributed by atoms with Gasteiger partial charge in [-0.05, 0) is 38.3 Å². The van der Waals surface area contributed by atoms with Gasteiger partial charge in [-0.25, -0.2) is 27.8 Å². The number of nitrogens with zero attached hydrogens (tertiary/aromatic N) is 5. The topological polar surface area (TPSA) is 126 Å². The molecule has 0 saturated carbocycles. The van der Waals surface area contributed by atoms with Crippen LogP contribution in [0.15, 0.2) is 53.2 Å². The Bertz CT molecular complexity index is 1180. The highest BCUT2D eigenvalue weighted by atomic mass is 32.2. The highest BCUT2D eigenvalue weighted by Gasteiger charge is 2.25. The molecule has 11 heteroatoms. The van der Waals surface area contributed by atoms with Gasteiger partial charge >= 0.3 is 0 Å². The lowest BCUT2D eigenvalue weighted by Crippen LogP contribution is -2.23. The van der Waals surface area contributed by atoms with Crippen LogP contribution in [0.5, 0.6) is 0 Å². The van der Waals surface area contributed by atoms with Gasteiger partial charge in [-0.1, -0.05) is 45.9 Å². The molecule has 1 unspecified atom stereocenters. The molecule has 0 fully saturated rings. The van der Waals surface area contributed by atoms with E-state index in [1.54, 1.807) is 44.4 Å². The predicted molar refractivity (Wildman–Crippen MR) is 147 cm³/mol. The van der Waals surface area contributed by atoms with Crippen LogP contribution < -0.4 is 15.5 Å². The number of pyridine rings is 1. The molecule has 198 valence electrons. The highest BCUT2D eigenvalue weighted by molar-refractivity contribution is 7.92. The van der Waals surface area contributed by atoms with E-state index in [0.717, 1.165) is 11.1 Å². The minimum atomic E-state index is -3.45. The largest absolute Gasteiger partial charge is 0.382 e. The summed E-state index contributed by atoms with van der Waals surface area (Å²) >= 11 is 0. The Morgan fingerprint density at radius 1 is 1.28 bits per heavy atom. The van der Waals surface area contributed by atoms with Gasteiger partial charge in [0.05, 0.1) is 17.9 Å². The molecule has 0 amide bonds. The Morgan fingerprint density at radius 3 is 2.56 bits per heavy atom. The van der Waals surface area contributed by atoms with Crippen LogP contribution in [0, 0.1) is 0 Å². The third kappa shape index (κ3) is 8.71. The van der Waals surface area contributed by atoms with Crippen LogP contribution in [0.1, 0.15) is 71.7 Å². The fourth-order valence-electron chi connectivity index (χ4n) is 3.17. The van der Waals surface area contributed by atoms with Gasteiger partial charge in [0.15, 0.2) is 11.6 Å². The van der Waals surface area contributed by atoms with Crippen LogP contribution in [-0.2, 0) is 10.0 Å². The lowest BCUT2D eigenvalue weighted by molar-refractivity contribution is 0.595. The molecule has 0 aromatic carbocycles. The van der Waals surface area contributed by atoms with E-state index in [-0.39, 0.29) is 29.0 Å². The second-order valence-electron chi connectivity index (χ2n) is 7.57. The van der Waals surface area contributed by atoms with Crippen LogP contribution in [0.25, 0.3) is 0 Å². The molecule has 3 N–H and O–H groups in total. The first-order valence-electron chi connectivity index (χ1n) is 12.0. The van der Waals surface area contributed by atoms with Gasteiger partial charge in [0.2, 0.25) is 10.0 Å². The summed E-state index contributed by atoms with van der Waals surface area (Å²) < 4.78 is 38.7. The molecular formula is C25H38FN7O2S.